The molecule has 0 atom stereocenters. The molecule has 0 amide bonds. The topological polar surface area (TPSA) is 30.5 Å². The molecule has 3 heteroatoms. The monoisotopic (exact) mass is 341 g/mol. The molecular weight excluding hydrogens is 310 g/mol. The highest BCUT2D eigenvalue weighted by Crippen LogP contribution is 2.18. The number of hydrogen-bond acceptors (Lipinski definition) is 3. The Labute approximate surface area is 152 Å². The van der Waals surface area contributed by atoms with E-state index >= 15 is 0 Å². The average Bonchev–Trinajstić information content (AvgIpc) is 2.66. The second kappa shape index (κ2) is 12.4. The standard InChI is InChI=1S/C22H31NO2/c1-2-3-4-5-11-16-23-19-20-12-9-10-15-22(20)25-18-17-24-21-13-7-6-8-14-21/h6-10,12-15,23H,2-5,11,16-19H2,1H3. The molecule has 136 valence electrons. The van der Waals surface area contributed by atoms with Crippen LogP contribution in [0.1, 0.15) is 44.6 Å². The van der Waals surface area contributed by atoms with Crippen molar-refractivity contribution in [1.29, 1.82) is 0 Å². The molecule has 0 aliphatic carbocycles. The van der Waals surface area contributed by atoms with Crippen LogP contribution in [0.4, 0.5) is 0 Å². The molecule has 0 unspecified atom stereocenters. The van der Waals surface area contributed by atoms with Gasteiger partial charge in [-0.05, 0) is 31.2 Å². The molecule has 0 spiro atoms. The Morgan fingerprint density at radius 3 is 2.32 bits per heavy atom. The Morgan fingerprint density at radius 2 is 1.48 bits per heavy atom. The van der Waals surface area contributed by atoms with Crippen LogP contribution in [-0.4, -0.2) is 19.8 Å². The number of hydrogen-bond donors (Lipinski definition) is 1. The van der Waals surface area contributed by atoms with Crippen LogP contribution in [0.5, 0.6) is 11.5 Å². The van der Waals surface area contributed by atoms with E-state index in [-0.39, 0.29) is 0 Å². The fourth-order valence-electron chi connectivity index (χ4n) is 2.70. The fraction of sp³-hybridized carbons (Fsp3) is 0.455. The van der Waals surface area contributed by atoms with Crippen LogP contribution < -0.4 is 14.8 Å². The molecule has 2 aromatic rings. The van der Waals surface area contributed by atoms with Crippen LogP contribution in [0.3, 0.4) is 0 Å². The number of benzene rings is 2. The highest BCUT2D eigenvalue weighted by molar-refractivity contribution is 5.33. The molecular formula is C22H31NO2. The third-order valence-electron chi connectivity index (χ3n) is 4.10. The van der Waals surface area contributed by atoms with Gasteiger partial charge >= 0.3 is 0 Å². The summed E-state index contributed by atoms with van der Waals surface area (Å²) in [6, 6.07) is 18.1. The van der Waals surface area contributed by atoms with Gasteiger partial charge in [0.2, 0.25) is 0 Å². The Kier molecular flexibility index (Phi) is 9.57. The molecule has 25 heavy (non-hydrogen) atoms. The van der Waals surface area contributed by atoms with Gasteiger partial charge in [-0.3, -0.25) is 0 Å². The molecule has 0 fully saturated rings. The Bertz CT molecular complexity index is 571. The van der Waals surface area contributed by atoms with E-state index in [4.69, 9.17) is 9.47 Å². The van der Waals surface area contributed by atoms with Gasteiger partial charge in [-0.2, -0.15) is 0 Å². The lowest BCUT2D eigenvalue weighted by Crippen LogP contribution is -2.16. The highest BCUT2D eigenvalue weighted by Gasteiger charge is 2.03. The molecule has 0 aliphatic rings. The van der Waals surface area contributed by atoms with Crippen molar-refractivity contribution in [3.63, 3.8) is 0 Å². The van der Waals surface area contributed by atoms with Gasteiger partial charge in [-0.15, -0.1) is 0 Å². The zero-order valence-electron chi connectivity index (χ0n) is 15.4. The Hall–Kier alpha value is -2.00. The first-order chi connectivity index (χ1) is 12.4. The molecule has 0 heterocycles. The number of para-hydroxylation sites is 2. The largest absolute Gasteiger partial charge is 0.490 e. The summed E-state index contributed by atoms with van der Waals surface area (Å²) in [7, 11) is 0. The van der Waals surface area contributed by atoms with E-state index in [1.165, 1.54) is 37.7 Å². The van der Waals surface area contributed by atoms with E-state index in [9.17, 15) is 0 Å². The first-order valence-electron chi connectivity index (χ1n) is 9.49. The van der Waals surface area contributed by atoms with E-state index < -0.39 is 0 Å². The maximum Gasteiger partial charge on any atom is 0.123 e. The van der Waals surface area contributed by atoms with E-state index in [0.29, 0.717) is 13.2 Å². The van der Waals surface area contributed by atoms with Gasteiger partial charge in [0.25, 0.3) is 0 Å². The maximum absolute atomic E-state index is 5.90. The Balaban J connectivity index is 1.65. The van der Waals surface area contributed by atoms with Gasteiger partial charge in [0.05, 0.1) is 0 Å². The third kappa shape index (κ3) is 8.08. The lowest BCUT2D eigenvalue weighted by molar-refractivity contribution is 0.215. The summed E-state index contributed by atoms with van der Waals surface area (Å²) in [5, 5.41) is 3.52. The van der Waals surface area contributed by atoms with Crippen molar-refractivity contribution in [2.75, 3.05) is 19.8 Å². The molecule has 0 aliphatic heterocycles. The molecule has 0 radical (unpaired) electrons. The third-order valence-corrected chi connectivity index (χ3v) is 4.10. The van der Waals surface area contributed by atoms with Crippen molar-refractivity contribution >= 4 is 0 Å². The summed E-state index contributed by atoms with van der Waals surface area (Å²) < 4.78 is 11.6. The van der Waals surface area contributed by atoms with E-state index in [1.807, 2.05) is 42.5 Å². The van der Waals surface area contributed by atoms with Crippen LogP contribution in [0.15, 0.2) is 54.6 Å². The molecule has 2 rings (SSSR count). The molecule has 0 saturated carbocycles. The predicted octanol–water partition coefficient (Wildman–Crippen LogP) is 5.20. The van der Waals surface area contributed by atoms with Crippen molar-refractivity contribution in [1.82, 2.24) is 5.32 Å². The summed E-state index contributed by atoms with van der Waals surface area (Å²) in [6.45, 7) is 5.25. The number of unbranched alkanes of at least 4 members (excludes halogenated alkanes) is 4. The minimum atomic E-state index is 0.545. The first kappa shape index (κ1) is 19.3. The predicted molar refractivity (Wildman–Crippen MR) is 104 cm³/mol. The number of ether oxygens (including phenoxy) is 2. The van der Waals surface area contributed by atoms with Crippen molar-refractivity contribution in [3.05, 3.63) is 60.2 Å². The van der Waals surface area contributed by atoms with Crippen LogP contribution in [0.25, 0.3) is 0 Å². The highest BCUT2D eigenvalue weighted by atomic mass is 16.5. The smallest absolute Gasteiger partial charge is 0.123 e. The molecule has 0 bridgehead atoms. The van der Waals surface area contributed by atoms with Crippen LogP contribution in [0.2, 0.25) is 0 Å². The van der Waals surface area contributed by atoms with Crippen LogP contribution in [0, 0.1) is 0 Å². The van der Waals surface area contributed by atoms with Crippen molar-refractivity contribution in [3.8, 4) is 11.5 Å². The molecule has 0 aromatic heterocycles. The summed E-state index contributed by atoms with van der Waals surface area (Å²) in [5.41, 5.74) is 1.20. The SMILES string of the molecule is CCCCCCCNCc1ccccc1OCCOc1ccccc1. The van der Waals surface area contributed by atoms with Crippen LogP contribution >= 0.6 is 0 Å². The number of rotatable bonds is 13. The normalized spacial score (nSPS) is 10.6. The van der Waals surface area contributed by atoms with Crippen molar-refractivity contribution in [2.45, 2.75) is 45.6 Å². The number of nitrogens with one attached hydrogen (secondary N) is 1. The zero-order chi connectivity index (χ0) is 17.6. The second-order valence-electron chi connectivity index (χ2n) is 6.21. The maximum atomic E-state index is 5.90. The minimum absolute atomic E-state index is 0.545. The zero-order valence-corrected chi connectivity index (χ0v) is 15.4. The molecule has 0 saturated heterocycles. The van der Waals surface area contributed by atoms with Crippen molar-refractivity contribution in [2.24, 2.45) is 0 Å². The second-order valence-corrected chi connectivity index (χ2v) is 6.21. The lowest BCUT2D eigenvalue weighted by atomic mass is 10.1. The van der Waals surface area contributed by atoms with Gasteiger partial charge in [-0.25, -0.2) is 0 Å². The van der Waals surface area contributed by atoms with E-state index in [2.05, 4.69) is 24.4 Å². The lowest BCUT2D eigenvalue weighted by Gasteiger charge is -2.13. The van der Waals surface area contributed by atoms with Crippen LogP contribution in [-0.2, 0) is 6.54 Å². The van der Waals surface area contributed by atoms with Gasteiger partial charge in [0.1, 0.15) is 24.7 Å². The summed E-state index contributed by atoms with van der Waals surface area (Å²) >= 11 is 0. The quantitative estimate of drug-likeness (QED) is 0.508. The molecule has 1 N–H and O–H groups in total. The van der Waals surface area contributed by atoms with Gasteiger partial charge in [0, 0.05) is 12.1 Å². The van der Waals surface area contributed by atoms with Gasteiger partial charge in [-0.1, -0.05) is 69.0 Å². The average molecular weight is 341 g/mol. The molecule has 2 aromatic carbocycles. The summed E-state index contributed by atoms with van der Waals surface area (Å²) in [4.78, 5) is 0. The Morgan fingerprint density at radius 1 is 0.760 bits per heavy atom. The fourth-order valence-corrected chi connectivity index (χ4v) is 2.70. The first-order valence-corrected chi connectivity index (χ1v) is 9.49. The minimum Gasteiger partial charge on any atom is -0.490 e. The van der Waals surface area contributed by atoms with Gasteiger partial charge in [0.15, 0.2) is 0 Å². The summed E-state index contributed by atoms with van der Waals surface area (Å²) in [6.07, 6.45) is 6.55. The summed E-state index contributed by atoms with van der Waals surface area (Å²) in [5.74, 6) is 1.82. The van der Waals surface area contributed by atoms with Gasteiger partial charge < -0.3 is 14.8 Å². The molecule has 3 nitrogen and oxygen atoms in total. The van der Waals surface area contributed by atoms with Crippen molar-refractivity contribution < 1.29 is 9.47 Å². The van der Waals surface area contributed by atoms with E-state index in [1.54, 1.807) is 0 Å². The van der Waals surface area contributed by atoms with E-state index in [0.717, 1.165) is 24.6 Å².